The predicted molar refractivity (Wildman–Crippen MR) is 71.8 cm³/mol. The second-order valence-electron chi connectivity index (χ2n) is 4.03. The van der Waals surface area contributed by atoms with Crippen molar-refractivity contribution in [1.29, 1.82) is 5.26 Å². The van der Waals surface area contributed by atoms with E-state index < -0.39 is 0 Å². The van der Waals surface area contributed by atoms with Crippen LogP contribution in [-0.2, 0) is 0 Å². The molecule has 0 aliphatic carbocycles. The molecule has 6 heteroatoms. The van der Waals surface area contributed by atoms with Crippen molar-refractivity contribution in [3.8, 4) is 6.07 Å². The first-order chi connectivity index (χ1) is 9.20. The van der Waals surface area contributed by atoms with E-state index in [1.807, 2.05) is 18.4 Å². The predicted octanol–water partition coefficient (Wildman–Crippen LogP) is 1.94. The fraction of sp³-hybridized carbons (Fsp3) is 0.231. The lowest BCUT2D eigenvalue weighted by molar-refractivity contribution is 0.0946. The highest BCUT2D eigenvalue weighted by Gasteiger charge is 2.11. The van der Waals surface area contributed by atoms with Crippen LogP contribution in [0.3, 0.4) is 0 Å². The molecule has 0 aliphatic rings. The molecule has 1 N–H and O–H groups in total. The topological polar surface area (TPSA) is 78.7 Å². The molecule has 0 saturated carbocycles. The summed E-state index contributed by atoms with van der Waals surface area (Å²) in [7, 11) is 0. The Morgan fingerprint density at radius 3 is 2.95 bits per heavy atom. The molecule has 96 valence electrons. The van der Waals surface area contributed by atoms with Gasteiger partial charge in [0.25, 0.3) is 5.91 Å². The number of hydrogen-bond donors (Lipinski definition) is 1. The standard InChI is InChI=1S/C13H12N4OS/c1-9(13-15-4-5-19-13)7-17-12(18)11-3-2-10(6-14)8-16-11/h2-5,8-9H,7H2,1H3,(H,17,18). The van der Waals surface area contributed by atoms with Crippen LogP contribution in [0, 0.1) is 11.3 Å². The molecule has 0 aromatic carbocycles. The molecule has 2 aromatic rings. The van der Waals surface area contributed by atoms with Crippen LogP contribution in [0.2, 0.25) is 0 Å². The first kappa shape index (κ1) is 13.2. The van der Waals surface area contributed by atoms with Crippen molar-refractivity contribution in [2.45, 2.75) is 12.8 Å². The fourth-order valence-corrected chi connectivity index (χ4v) is 2.19. The lowest BCUT2D eigenvalue weighted by Crippen LogP contribution is -2.28. The van der Waals surface area contributed by atoms with Gasteiger partial charge in [-0.2, -0.15) is 5.26 Å². The lowest BCUT2D eigenvalue weighted by Gasteiger charge is -2.09. The second-order valence-corrected chi connectivity index (χ2v) is 4.95. The van der Waals surface area contributed by atoms with Crippen molar-refractivity contribution in [1.82, 2.24) is 15.3 Å². The summed E-state index contributed by atoms with van der Waals surface area (Å²) in [4.78, 5) is 20.0. The number of pyridine rings is 1. The minimum atomic E-state index is -0.243. The first-order valence-electron chi connectivity index (χ1n) is 5.74. The number of thiazole rings is 1. The van der Waals surface area contributed by atoms with Crippen molar-refractivity contribution in [2.24, 2.45) is 0 Å². The van der Waals surface area contributed by atoms with Gasteiger partial charge in [0.2, 0.25) is 0 Å². The van der Waals surface area contributed by atoms with Crippen LogP contribution in [0.4, 0.5) is 0 Å². The molecule has 0 fully saturated rings. The zero-order valence-electron chi connectivity index (χ0n) is 10.3. The summed E-state index contributed by atoms with van der Waals surface area (Å²) in [6, 6.07) is 5.08. The van der Waals surface area contributed by atoms with E-state index in [9.17, 15) is 4.79 Å². The van der Waals surface area contributed by atoms with Crippen LogP contribution in [0.1, 0.15) is 33.9 Å². The van der Waals surface area contributed by atoms with Gasteiger partial charge in [-0.25, -0.2) is 9.97 Å². The number of nitriles is 1. The smallest absolute Gasteiger partial charge is 0.269 e. The lowest BCUT2D eigenvalue weighted by atomic mass is 10.2. The summed E-state index contributed by atoms with van der Waals surface area (Å²) in [5, 5.41) is 14.4. The molecule has 1 atom stereocenters. The monoisotopic (exact) mass is 272 g/mol. The first-order valence-corrected chi connectivity index (χ1v) is 6.62. The van der Waals surface area contributed by atoms with Crippen molar-refractivity contribution < 1.29 is 4.79 Å². The number of hydrogen-bond acceptors (Lipinski definition) is 5. The van der Waals surface area contributed by atoms with E-state index in [4.69, 9.17) is 5.26 Å². The van der Waals surface area contributed by atoms with E-state index in [1.54, 1.807) is 29.7 Å². The molecule has 0 saturated heterocycles. The van der Waals surface area contributed by atoms with E-state index >= 15 is 0 Å². The molecule has 2 aromatic heterocycles. The Bertz CT molecular complexity index is 586. The highest BCUT2D eigenvalue weighted by Crippen LogP contribution is 2.16. The van der Waals surface area contributed by atoms with E-state index in [0.717, 1.165) is 5.01 Å². The van der Waals surface area contributed by atoms with Gasteiger partial charge in [-0.3, -0.25) is 4.79 Å². The minimum Gasteiger partial charge on any atom is -0.350 e. The van der Waals surface area contributed by atoms with Crippen molar-refractivity contribution in [3.63, 3.8) is 0 Å². The fourth-order valence-electron chi connectivity index (χ4n) is 1.50. The SMILES string of the molecule is CC(CNC(=O)c1ccc(C#N)cn1)c1nccs1. The van der Waals surface area contributed by atoms with E-state index in [1.165, 1.54) is 6.20 Å². The molecular formula is C13H12N4OS. The van der Waals surface area contributed by atoms with Crippen LogP contribution in [0.5, 0.6) is 0 Å². The van der Waals surface area contributed by atoms with Gasteiger partial charge in [-0.05, 0) is 12.1 Å². The highest BCUT2D eigenvalue weighted by molar-refractivity contribution is 7.09. The third kappa shape index (κ3) is 3.36. The number of nitrogens with one attached hydrogen (secondary N) is 1. The molecule has 19 heavy (non-hydrogen) atoms. The normalized spacial score (nSPS) is 11.6. The average molecular weight is 272 g/mol. The molecule has 0 spiro atoms. The van der Waals surface area contributed by atoms with Crippen LogP contribution in [0.15, 0.2) is 29.9 Å². The van der Waals surface area contributed by atoms with Gasteiger partial charge in [-0.15, -0.1) is 11.3 Å². The van der Waals surface area contributed by atoms with Crippen LogP contribution in [-0.4, -0.2) is 22.4 Å². The second kappa shape index (κ2) is 6.07. The van der Waals surface area contributed by atoms with Crippen molar-refractivity contribution in [2.75, 3.05) is 6.54 Å². The van der Waals surface area contributed by atoms with Gasteiger partial charge in [-0.1, -0.05) is 6.92 Å². The van der Waals surface area contributed by atoms with Gasteiger partial charge >= 0.3 is 0 Å². The molecular weight excluding hydrogens is 260 g/mol. The van der Waals surface area contributed by atoms with Gasteiger partial charge < -0.3 is 5.32 Å². The Hall–Kier alpha value is -2.26. The van der Waals surface area contributed by atoms with Gasteiger partial charge in [0.1, 0.15) is 11.8 Å². The summed E-state index contributed by atoms with van der Waals surface area (Å²) >= 11 is 1.57. The molecule has 2 heterocycles. The summed E-state index contributed by atoms with van der Waals surface area (Å²) in [5.41, 5.74) is 0.748. The Balaban J connectivity index is 1.92. The maximum atomic E-state index is 11.8. The number of aromatic nitrogens is 2. The number of rotatable bonds is 4. The third-order valence-electron chi connectivity index (χ3n) is 2.57. The Morgan fingerprint density at radius 1 is 1.53 bits per heavy atom. The maximum absolute atomic E-state index is 11.8. The van der Waals surface area contributed by atoms with E-state index in [-0.39, 0.29) is 11.8 Å². The number of carbonyl (C=O) groups is 1. The van der Waals surface area contributed by atoms with Gasteiger partial charge in [0.05, 0.1) is 10.6 Å². The Morgan fingerprint density at radius 2 is 2.37 bits per heavy atom. The number of carbonyl (C=O) groups excluding carboxylic acids is 1. The third-order valence-corrected chi connectivity index (χ3v) is 3.57. The Kier molecular flexibility index (Phi) is 4.21. The van der Waals surface area contributed by atoms with Crippen molar-refractivity contribution >= 4 is 17.2 Å². The molecule has 5 nitrogen and oxygen atoms in total. The van der Waals surface area contributed by atoms with Gasteiger partial charge in [0, 0.05) is 30.2 Å². The quantitative estimate of drug-likeness (QED) is 0.922. The van der Waals surface area contributed by atoms with Gasteiger partial charge in [0.15, 0.2) is 0 Å². The molecule has 0 aliphatic heterocycles. The zero-order valence-corrected chi connectivity index (χ0v) is 11.1. The Labute approximate surface area is 114 Å². The maximum Gasteiger partial charge on any atom is 0.269 e. The zero-order chi connectivity index (χ0) is 13.7. The van der Waals surface area contributed by atoms with Crippen molar-refractivity contribution in [3.05, 3.63) is 46.2 Å². The largest absolute Gasteiger partial charge is 0.350 e. The summed E-state index contributed by atoms with van der Waals surface area (Å²) in [6.07, 6.45) is 3.14. The van der Waals surface area contributed by atoms with E-state index in [2.05, 4.69) is 15.3 Å². The van der Waals surface area contributed by atoms with Crippen LogP contribution >= 0.6 is 11.3 Å². The van der Waals surface area contributed by atoms with E-state index in [0.29, 0.717) is 17.8 Å². The van der Waals surface area contributed by atoms with Crippen LogP contribution < -0.4 is 5.32 Å². The molecule has 0 radical (unpaired) electrons. The number of amides is 1. The average Bonchev–Trinajstić information content (AvgIpc) is 2.98. The number of nitrogens with zero attached hydrogens (tertiary/aromatic N) is 3. The minimum absolute atomic E-state index is 0.169. The molecule has 2 rings (SSSR count). The molecule has 1 amide bonds. The summed E-state index contributed by atoms with van der Waals surface area (Å²) < 4.78 is 0. The summed E-state index contributed by atoms with van der Waals surface area (Å²) in [5.74, 6) is -0.0739. The molecule has 0 bridgehead atoms. The highest BCUT2D eigenvalue weighted by atomic mass is 32.1. The van der Waals surface area contributed by atoms with Crippen LogP contribution in [0.25, 0.3) is 0 Å². The summed E-state index contributed by atoms with van der Waals surface area (Å²) in [6.45, 7) is 2.51. The molecule has 1 unspecified atom stereocenters.